The molecule has 0 bridgehead atoms. The number of carbonyl (C=O) groups excluding carboxylic acids is 2. The molecule has 5 heteroatoms. The lowest BCUT2D eigenvalue weighted by Gasteiger charge is -2.03. The first-order valence-electron chi connectivity index (χ1n) is 5.50. The van der Waals surface area contributed by atoms with Gasteiger partial charge in [0, 0.05) is 17.0 Å². The molecule has 94 valence electrons. The van der Waals surface area contributed by atoms with Gasteiger partial charge in [0.25, 0.3) is 0 Å². The average molecular weight is 264 g/mol. The standard InChI is InChI=1S/C13H12O4S/c1-3-16-13(15)12-11(17-8(2)14)9-6-4-5-7-10(9)18-12/h4-7H,3H2,1-2H3. The number of ether oxygens (including phenoxy) is 2. The van der Waals surface area contributed by atoms with Crippen LogP contribution in [0.5, 0.6) is 5.75 Å². The molecule has 0 atom stereocenters. The molecule has 0 unspecified atom stereocenters. The van der Waals surface area contributed by atoms with Crippen molar-refractivity contribution in [3.63, 3.8) is 0 Å². The molecule has 0 radical (unpaired) electrons. The third-order valence-electron chi connectivity index (χ3n) is 2.26. The molecule has 4 nitrogen and oxygen atoms in total. The van der Waals surface area contributed by atoms with Crippen LogP contribution in [-0.4, -0.2) is 18.5 Å². The summed E-state index contributed by atoms with van der Waals surface area (Å²) < 4.78 is 11.0. The maximum absolute atomic E-state index is 11.8. The Bertz CT molecular complexity index is 600. The Balaban J connectivity index is 2.56. The molecule has 1 heterocycles. The van der Waals surface area contributed by atoms with Crippen molar-refractivity contribution in [2.24, 2.45) is 0 Å². The minimum Gasteiger partial charge on any atom is -0.462 e. The predicted molar refractivity (Wildman–Crippen MR) is 69.1 cm³/mol. The molecule has 0 fully saturated rings. The zero-order chi connectivity index (χ0) is 13.1. The van der Waals surface area contributed by atoms with Crippen LogP contribution >= 0.6 is 11.3 Å². The van der Waals surface area contributed by atoms with E-state index in [4.69, 9.17) is 9.47 Å². The van der Waals surface area contributed by atoms with E-state index in [9.17, 15) is 9.59 Å². The van der Waals surface area contributed by atoms with Gasteiger partial charge in [-0.25, -0.2) is 4.79 Å². The number of esters is 2. The Kier molecular flexibility index (Phi) is 3.62. The lowest BCUT2D eigenvalue weighted by molar-refractivity contribution is -0.131. The van der Waals surface area contributed by atoms with E-state index in [1.807, 2.05) is 24.3 Å². The fourth-order valence-electron chi connectivity index (χ4n) is 1.60. The summed E-state index contributed by atoms with van der Waals surface area (Å²) in [6.07, 6.45) is 0. The van der Waals surface area contributed by atoms with Crippen LogP contribution in [0.1, 0.15) is 23.5 Å². The second kappa shape index (κ2) is 5.18. The van der Waals surface area contributed by atoms with Crippen molar-refractivity contribution in [3.8, 4) is 5.75 Å². The Labute approximate surface area is 108 Å². The van der Waals surface area contributed by atoms with Gasteiger partial charge in [-0.3, -0.25) is 4.79 Å². The predicted octanol–water partition coefficient (Wildman–Crippen LogP) is 3.00. The quantitative estimate of drug-likeness (QED) is 0.800. The Morgan fingerprint density at radius 2 is 2.00 bits per heavy atom. The summed E-state index contributed by atoms with van der Waals surface area (Å²) in [6, 6.07) is 7.38. The summed E-state index contributed by atoms with van der Waals surface area (Å²) in [4.78, 5) is 23.3. The van der Waals surface area contributed by atoms with Gasteiger partial charge in [0.1, 0.15) is 0 Å². The molecule has 0 amide bonds. The molecule has 0 aliphatic carbocycles. The Morgan fingerprint density at radius 3 is 2.67 bits per heavy atom. The van der Waals surface area contributed by atoms with Gasteiger partial charge in [0.05, 0.1) is 6.61 Å². The second-order valence-corrected chi connectivity index (χ2v) is 4.62. The fourth-order valence-corrected chi connectivity index (χ4v) is 2.62. The number of benzene rings is 1. The van der Waals surface area contributed by atoms with Crippen molar-refractivity contribution in [3.05, 3.63) is 29.1 Å². The van der Waals surface area contributed by atoms with Crippen LogP contribution in [0.4, 0.5) is 0 Å². The van der Waals surface area contributed by atoms with E-state index in [-0.39, 0.29) is 6.61 Å². The highest BCUT2D eigenvalue weighted by Gasteiger charge is 2.21. The smallest absolute Gasteiger partial charge is 0.352 e. The number of thiophene rings is 1. The fraction of sp³-hybridized carbons (Fsp3) is 0.231. The van der Waals surface area contributed by atoms with Gasteiger partial charge in [-0.1, -0.05) is 12.1 Å². The normalized spacial score (nSPS) is 10.3. The lowest BCUT2D eigenvalue weighted by Crippen LogP contribution is -2.07. The van der Waals surface area contributed by atoms with E-state index in [0.29, 0.717) is 10.6 Å². The van der Waals surface area contributed by atoms with Crippen LogP contribution in [0.2, 0.25) is 0 Å². The summed E-state index contributed by atoms with van der Waals surface area (Å²) >= 11 is 1.26. The first kappa shape index (κ1) is 12.6. The van der Waals surface area contributed by atoms with Crippen LogP contribution in [0.25, 0.3) is 10.1 Å². The summed E-state index contributed by atoms with van der Waals surface area (Å²) in [5.74, 6) is -0.624. The van der Waals surface area contributed by atoms with E-state index in [1.54, 1.807) is 6.92 Å². The van der Waals surface area contributed by atoms with Crippen LogP contribution in [0, 0.1) is 0 Å². The zero-order valence-corrected chi connectivity index (χ0v) is 10.9. The molecule has 1 aromatic heterocycles. The largest absolute Gasteiger partial charge is 0.462 e. The zero-order valence-electron chi connectivity index (χ0n) is 10.1. The highest BCUT2D eigenvalue weighted by molar-refractivity contribution is 7.21. The van der Waals surface area contributed by atoms with Crippen LogP contribution in [0.3, 0.4) is 0 Å². The summed E-state index contributed by atoms with van der Waals surface area (Å²) in [5.41, 5.74) is 0. The van der Waals surface area contributed by atoms with E-state index in [1.165, 1.54) is 18.3 Å². The number of carbonyl (C=O) groups is 2. The highest BCUT2D eigenvalue weighted by Crippen LogP contribution is 2.38. The van der Waals surface area contributed by atoms with Gasteiger partial charge in [0.15, 0.2) is 10.6 Å². The van der Waals surface area contributed by atoms with Gasteiger partial charge < -0.3 is 9.47 Å². The topological polar surface area (TPSA) is 52.6 Å². The molecule has 0 spiro atoms. The van der Waals surface area contributed by atoms with E-state index in [2.05, 4.69) is 0 Å². The van der Waals surface area contributed by atoms with Crippen molar-refractivity contribution < 1.29 is 19.1 Å². The van der Waals surface area contributed by atoms with Crippen LogP contribution < -0.4 is 4.74 Å². The molecule has 1 aromatic carbocycles. The third kappa shape index (κ3) is 2.36. The van der Waals surface area contributed by atoms with Crippen LogP contribution in [-0.2, 0) is 9.53 Å². The van der Waals surface area contributed by atoms with Gasteiger partial charge in [-0.2, -0.15) is 0 Å². The van der Waals surface area contributed by atoms with Crippen molar-refractivity contribution in [2.75, 3.05) is 6.61 Å². The number of hydrogen-bond acceptors (Lipinski definition) is 5. The minimum atomic E-state index is -0.463. The van der Waals surface area contributed by atoms with E-state index < -0.39 is 11.9 Å². The van der Waals surface area contributed by atoms with Crippen LogP contribution in [0.15, 0.2) is 24.3 Å². The van der Waals surface area contributed by atoms with Crippen molar-refractivity contribution in [2.45, 2.75) is 13.8 Å². The monoisotopic (exact) mass is 264 g/mol. The molecule has 0 aliphatic heterocycles. The van der Waals surface area contributed by atoms with Gasteiger partial charge in [-0.05, 0) is 19.1 Å². The van der Waals surface area contributed by atoms with E-state index >= 15 is 0 Å². The Hall–Kier alpha value is -1.88. The molecule has 0 saturated carbocycles. The lowest BCUT2D eigenvalue weighted by atomic mass is 10.2. The SMILES string of the molecule is CCOC(=O)c1sc2ccccc2c1OC(C)=O. The number of hydrogen-bond donors (Lipinski definition) is 0. The van der Waals surface area contributed by atoms with E-state index in [0.717, 1.165) is 10.1 Å². The maximum Gasteiger partial charge on any atom is 0.352 e. The summed E-state index contributed by atoms with van der Waals surface area (Å²) in [6.45, 7) is 3.32. The van der Waals surface area contributed by atoms with Gasteiger partial charge in [-0.15, -0.1) is 11.3 Å². The molecule has 2 aromatic rings. The number of rotatable bonds is 3. The molecular formula is C13H12O4S. The molecule has 0 N–H and O–H groups in total. The van der Waals surface area contributed by atoms with Gasteiger partial charge in [0.2, 0.25) is 0 Å². The second-order valence-electron chi connectivity index (χ2n) is 3.57. The third-order valence-corrected chi connectivity index (χ3v) is 3.39. The Morgan fingerprint density at radius 1 is 1.28 bits per heavy atom. The van der Waals surface area contributed by atoms with Crippen molar-refractivity contribution in [1.29, 1.82) is 0 Å². The molecule has 0 aliphatic rings. The van der Waals surface area contributed by atoms with Gasteiger partial charge >= 0.3 is 11.9 Å². The summed E-state index contributed by atoms with van der Waals surface area (Å²) in [7, 11) is 0. The molecule has 0 saturated heterocycles. The first-order chi connectivity index (χ1) is 8.63. The molecule has 2 rings (SSSR count). The van der Waals surface area contributed by atoms with Crippen molar-refractivity contribution >= 4 is 33.4 Å². The summed E-state index contributed by atoms with van der Waals surface area (Å²) in [5, 5.41) is 0.751. The highest BCUT2D eigenvalue weighted by atomic mass is 32.1. The maximum atomic E-state index is 11.8. The first-order valence-corrected chi connectivity index (χ1v) is 6.32. The minimum absolute atomic E-state index is 0.284. The average Bonchev–Trinajstić information content (AvgIpc) is 2.68. The van der Waals surface area contributed by atoms with Crippen molar-refractivity contribution in [1.82, 2.24) is 0 Å². The number of fused-ring (bicyclic) bond motifs is 1. The molecular weight excluding hydrogens is 252 g/mol. The molecule has 18 heavy (non-hydrogen) atoms.